The molecule has 3 heteroatoms. The van der Waals surface area contributed by atoms with E-state index >= 15 is 0 Å². The molecule has 2 aromatic carbocycles. The average Bonchev–Trinajstić information content (AvgIpc) is 2.88. The van der Waals surface area contributed by atoms with E-state index in [4.69, 9.17) is 4.74 Å². The van der Waals surface area contributed by atoms with Crippen LogP contribution in [0.5, 0.6) is 0 Å². The average molecular weight is 330 g/mol. The summed E-state index contributed by atoms with van der Waals surface area (Å²) in [5.41, 5.74) is 2.57. The molecule has 0 aliphatic carbocycles. The fourth-order valence-electron chi connectivity index (χ4n) is 2.25. The van der Waals surface area contributed by atoms with E-state index in [1.165, 1.54) is 11.1 Å². The predicted octanol–water partition coefficient (Wildman–Crippen LogP) is 3.41. The molecule has 0 unspecified atom stereocenters. The van der Waals surface area contributed by atoms with Crippen LogP contribution in [0.25, 0.3) is 0 Å². The Labute approximate surface area is 126 Å². The quantitative estimate of drug-likeness (QED) is 0.788. The Hall–Kier alpha value is -1.57. The SMILES string of the molecule is C[C@@H]1N=C([Se]Cc2ccccc2)O[C@@H]1c1ccccc1. The Kier molecular flexibility index (Phi) is 4.19. The van der Waals surface area contributed by atoms with Crippen LogP contribution in [0, 0.1) is 0 Å². The van der Waals surface area contributed by atoms with Crippen molar-refractivity contribution in [3.8, 4) is 0 Å². The van der Waals surface area contributed by atoms with E-state index in [2.05, 4.69) is 60.4 Å². The van der Waals surface area contributed by atoms with Gasteiger partial charge in [0.15, 0.2) is 0 Å². The molecule has 0 spiro atoms. The molecule has 0 saturated heterocycles. The molecule has 1 aliphatic heterocycles. The molecule has 0 amide bonds. The molecule has 0 radical (unpaired) electrons. The van der Waals surface area contributed by atoms with Gasteiger partial charge in [0.25, 0.3) is 0 Å². The molecule has 20 heavy (non-hydrogen) atoms. The third-order valence-corrected chi connectivity index (χ3v) is 5.25. The summed E-state index contributed by atoms with van der Waals surface area (Å²) in [5, 5.41) is 1.04. The van der Waals surface area contributed by atoms with Crippen molar-refractivity contribution < 1.29 is 4.74 Å². The molecule has 0 aromatic heterocycles. The van der Waals surface area contributed by atoms with Crippen LogP contribution in [-0.2, 0) is 10.1 Å². The van der Waals surface area contributed by atoms with E-state index in [1.807, 2.05) is 12.1 Å². The summed E-state index contributed by atoms with van der Waals surface area (Å²) < 4.78 is 6.06. The first-order valence-electron chi connectivity index (χ1n) is 6.79. The van der Waals surface area contributed by atoms with Crippen LogP contribution >= 0.6 is 0 Å². The minimum absolute atomic E-state index is 0.0869. The molecule has 0 N–H and O–H groups in total. The summed E-state index contributed by atoms with van der Waals surface area (Å²) in [6.45, 7) is 2.13. The third-order valence-electron chi connectivity index (χ3n) is 3.31. The van der Waals surface area contributed by atoms with Crippen molar-refractivity contribution in [1.29, 1.82) is 0 Å². The summed E-state index contributed by atoms with van der Waals surface area (Å²) in [5.74, 6) is 0. The van der Waals surface area contributed by atoms with Crippen LogP contribution in [0.4, 0.5) is 0 Å². The van der Waals surface area contributed by atoms with Gasteiger partial charge in [-0.15, -0.1) is 0 Å². The van der Waals surface area contributed by atoms with Gasteiger partial charge in [-0.25, -0.2) is 0 Å². The molecule has 1 heterocycles. The van der Waals surface area contributed by atoms with Gasteiger partial charge in [0, 0.05) is 0 Å². The van der Waals surface area contributed by atoms with E-state index in [9.17, 15) is 0 Å². The fourth-order valence-corrected chi connectivity index (χ4v) is 4.13. The molecule has 1 aliphatic rings. The fraction of sp³-hybridized carbons (Fsp3) is 0.235. The molecular formula is C17H17NOSe. The summed E-state index contributed by atoms with van der Waals surface area (Å²) in [6.07, 6.45) is 0.0869. The zero-order valence-corrected chi connectivity index (χ0v) is 13.1. The molecule has 0 bridgehead atoms. The molecular weight excluding hydrogens is 313 g/mol. The molecule has 0 saturated carbocycles. The summed E-state index contributed by atoms with van der Waals surface area (Å²) >= 11 is 0.277. The van der Waals surface area contributed by atoms with Gasteiger partial charge in [0.05, 0.1) is 0 Å². The van der Waals surface area contributed by atoms with Crippen molar-refractivity contribution >= 4 is 19.8 Å². The topological polar surface area (TPSA) is 21.6 Å². The van der Waals surface area contributed by atoms with Crippen molar-refractivity contribution in [2.24, 2.45) is 4.99 Å². The molecule has 3 rings (SSSR count). The number of hydrogen-bond donors (Lipinski definition) is 0. The van der Waals surface area contributed by atoms with E-state index in [1.54, 1.807) is 0 Å². The monoisotopic (exact) mass is 331 g/mol. The standard InChI is InChI=1S/C17H17NOSe/c1-13-16(15-10-6-3-7-11-15)19-17(18-13)20-12-14-8-4-2-5-9-14/h2-11,13,16H,12H2,1H3/t13-,16-/m0/s1. The second-order valence-electron chi connectivity index (χ2n) is 4.86. The molecule has 2 nitrogen and oxygen atoms in total. The Bertz CT molecular complexity index is 582. The van der Waals surface area contributed by atoms with Crippen molar-refractivity contribution in [2.45, 2.75) is 24.4 Å². The Balaban J connectivity index is 1.62. The van der Waals surface area contributed by atoms with Crippen molar-refractivity contribution in [2.75, 3.05) is 0 Å². The number of ether oxygens (including phenoxy) is 1. The second-order valence-corrected chi connectivity index (χ2v) is 6.80. The van der Waals surface area contributed by atoms with E-state index in [-0.39, 0.29) is 27.1 Å². The van der Waals surface area contributed by atoms with Gasteiger partial charge in [-0.3, -0.25) is 0 Å². The number of hydrogen-bond acceptors (Lipinski definition) is 2. The van der Waals surface area contributed by atoms with Crippen LogP contribution in [0.1, 0.15) is 24.2 Å². The predicted molar refractivity (Wildman–Crippen MR) is 83.1 cm³/mol. The van der Waals surface area contributed by atoms with Gasteiger partial charge >= 0.3 is 126 Å². The molecule has 2 atom stereocenters. The normalized spacial score (nSPS) is 21.4. The first-order chi connectivity index (χ1) is 9.83. The summed E-state index contributed by atoms with van der Waals surface area (Å²) in [4.78, 5) is 5.63. The van der Waals surface area contributed by atoms with Gasteiger partial charge in [0.1, 0.15) is 0 Å². The van der Waals surface area contributed by atoms with Gasteiger partial charge in [-0.2, -0.15) is 0 Å². The van der Waals surface area contributed by atoms with Crippen molar-refractivity contribution in [1.82, 2.24) is 0 Å². The third kappa shape index (κ3) is 3.12. The first-order valence-corrected chi connectivity index (χ1v) is 8.86. The van der Waals surface area contributed by atoms with Crippen LogP contribution in [0.2, 0.25) is 0 Å². The van der Waals surface area contributed by atoms with Crippen LogP contribution in [0.15, 0.2) is 65.7 Å². The zero-order chi connectivity index (χ0) is 13.8. The van der Waals surface area contributed by atoms with E-state index < -0.39 is 0 Å². The van der Waals surface area contributed by atoms with Crippen LogP contribution < -0.4 is 0 Å². The minimum atomic E-state index is 0.0869. The molecule has 2 aromatic rings. The van der Waals surface area contributed by atoms with Crippen molar-refractivity contribution in [3.05, 3.63) is 71.8 Å². The second kappa shape index (κ2) is 6.25. The number of benzene rings is 2. The van der Waals surface area contributed by atoms with E-state index in [0.717, 1.165) is 10.1 Å². The number of aliphatic imine (C=N–C) groups is 1. The van der Waals surface area contributed by atoms with Crippen molar-refractivity contribution in [3.63, 3.8) is 0 Å². The number of nitrogens with zero attached hydrogens (tertiary/aromatic N) is 1. The zero-order valence-electron chi connectivity index (χ0n) is 11.4. The maximum atomic E-state index is 6.06. The van der Waals surface area contributed by atoms with Crippen LogP contribution in [0.3, 0.4) is 0 Å². The Morgan fingerprint density at radius 2 is 1.65 bits per heavy atom. The van der Waals surface area contributed by atoms with Gasteiger partial charge in [0.2, 0.25) is 0 Å². The summed E-state index contributed by atoms with van der Waals surface area (Å²) in [7, 11) is 0. The number of rotatable bonds is 4. The van der Waals surface area contributed by atoms with Gasteiger partial charge in [-0.05, 0) is 0 Å². The molecule has 102 valence electrons. The van der Waals surface area contributed by atoms with Crippen LogP contribution in [-0.4, -0.2) is 25.8 Å². The van der Waals surface area contributed by atoms with Gasteiger partial charge < -0.3 is 0 Å². The molecule has 0 fully saturated rings. The summed E-state index contributed by atoms with van der Waals surface area (Å²) in [6, 6.07) is 21.1. The Morgan fingerprint density at radius 1 is 1.00 bits per heavy atom. The van der Waals surface area contributed by atoms with E-state index in [0.29, 0.717) is 0 Å². The first kappa shape index (κ1) is 13.4. The Morgan fingerprint density at radius 3 is 2.35 bits per heavy atom. The maximum absolute atomic E-state index is 6.06. The van der Waals surface area contributed by atoms with Gasteiger partial charge in [-0.1, -0.05) is 0 Å².